The van der Waals surface area contributed by atoms with Crippen LogP contribution in [0.15, 0.2) is 29.1 Å². The number of nitrogens with one attached hydrogen (secondary N) is 1. The van der Waals surface area contributed by atoms with Gasteiger partial charge < -0.3 is 4.98 Å². The molecule has 1 heterocycles. The summed E-state index contributed by atoms with van der Waals surface area (Å²) in [5, 5.41) is 0.691. The van der Waals surface area contributed by atoms with E-state index in [1.807, 2.05) is 19.1 Å². The lowest BCUT2D eigenvalue weighted by atomic mass is 10.1. The predicted octanol–water partition coefficient (Wildman–Crippen LogP) is 2.47. The van der Waals surface area contributed by atoms with Gasteiger partial charge in [-0.3, -0.25) is 9.59 Å². The zero-order valence-electron chi connectivity index (χ0n) is 10.7. The maximum Gasteiger partial charge on any atom is 0.189 e. The van der Waals surface area contributed by atoms with E-state index in [1.54, 1.807) is 12.1 Å². The minimum atomic E-state index is -0.00647. The van der Waals surface area contributed by atoms with E-state index in [9.17, 15) is 9.59 Å². The van der Waals surface area contributed by atoms with E-state index in [4.69, 9.17) is 0 Å². The van der Waals surface area contributed by atoms with Crippen LogP contribution in [-0.2, 0) is 4.79 Å². The standard InChI is InChI=1S/C15H13NO2S/c1-10-8-15(18)13-9-12(5-6-14(13)16-10)4-3-7-19-11(2)17/h5-6,8-9H,7H2,1-2H3,(H,16,18). The molecule has 0 atom stereocenters. The average Bonchev–Trinajstić information content (AvgIpc) is 2.35. The van der Waals surface area contributed by atoms with Crippen LogP contribution in [0.25, 0.3) is 10.9 Å². The van der Waals surface area contributed by atoms with Gasteiger partial charge in [0, 0.05) is 35.2 Å². The van der Waals surface area contributed by atoms with Gasteiger partial charge in [0.25, 0.3) is 0 Å². The number of benzene rings is 1. The van der Waals surface area contributed by atoms with Crippen molar-refractivity contribution in [1.29, 1.82) is 0 Å². The molecule has 0 bridgehead atoms. The SMILES string of the molecule is CC(=O)SCC#Cc1ccc2[nH]c(C)cc(=O)c2c1. The number of aromatic amines is 1. The third-order valence-corrected chi connectivity index (χ3v) is 3.24. The summed E-state index contributed by atoms with van der Waals surface area (Å²) in [6, 6.07) is 7.07. The van der Waals surface area contributed by atoms with Gasteiger partial charge in [-0.2, -0.15) is 0 Å². The lowest BCUT2D eigenvalue weighted by Gasteiger charge is -2.00. The summed E-state index contributed by atoms with van der Waals surface area (Å²) >= 11 is 1.18. The molecule has 2 rings (SSSR count). The van der Waals surface area contributed by atoms with E-state index in [-0.39, 0.29) is 10.5 Å². The molecule has 1 N–H and O–H groups in total. The third kappa shape index (κ3) is 3.49. The minimum Gasteiger partial charge on any atom is -0.358 e. The molecule has 0 saturated carbocycles. The molecule has 2 aromatic rings. The first-order chi connectivity index (χ1) is 9.06. The van der Waals surface area contributed by atoms with Gasteiger partial charge in [-0.15, -0.1) is 0 Å². The quantitative estimate of drug-likeness (QED) is 0.811. The first-order valence-electron chi connectivity index (χ1n) is 5.82. The van der Waals surface area contributed by atoms with E-state index in [0.29, 0.717) is 11.1 Å². The van der Waals surface area contributed by atoms with Crippen molar-refractivity contribution < 1.29 is 4.79 Å². The van der Waals surface area contributed by atoms with Crippen molar-refractivity contribution in [3.05, 3.63) is 45.7 Å². The van der Waals surface area contributed by atoms with Gasteiger partial charge in [0.05, 0.1) is 5.75 Å². The fraction of sp³-hybridized carbons (Fsp3) is 0.200. The molecule has 19 heavy (non-hydrogen) atoms. The highest BCUT2D eigenvalue weighted by atomic mass is 32.2. The van der Waals surface area contributed by atoms with Crippen molar-refractivity contribution in [2.75, 3.05) is 5.75 Å². The van der Waals surface area contributed by atoms with Crippen molar-refractivity contribution in [3.63, 3.8) is 0 Å². The van der Waals surface area contributed by atoms with Crippen LogP contribution < -0.4 is 5.43 Å². The predicted molar refractivity (Wildman–Crippen MR) is 79.3 cm³/mol. The number of rotatable bonds is 1. The van der Waals surface area contributed by atoms with E-state index in [1.165, 1.54) is 18.7 Å². The molecular weight excluding hydrogens is 258 g/mol. The zero-order valence-corrected chi connectivity index (χ0v) is 11.6. The van der Waals surface area contributed by atoms with Gasteiger partial charge in [-0.25, -0.2) is 0 Å². The summed E-state index contributed by atoms with van der Waals surface area (Å²) < 4.78 is 0. The normalized spacial score (nSPS) is 10.0. The Morgan fingerprint density at radius 2 is 2.16 bits per heavy atom. The van der Waals surface area contributed by atoms with Crippen molar-refractivity contribution in [3.8, 4) is 11.8 Å². The van der Waals surface area contributed by atoms with Crippen LogP contribution in [0.4, 0.5) is 0 Å². The van der Waals surface area contributed by atoms with Gasteiger partial charge >= 0.3 is 0 Å². The number of aromatic nitrogens is 1. The lowest BCUT2D eigenvalue weighted by molar-refractivity contribution is -0.109. The summed E-state index contributed by atoms with van der Waals surface area (Å²) in [6.45, 7) is 3.37. The Labute approximate surface area is 115 Å². The molecule has 0 aliphatic rings. The number of fused-ring (bicyclic) bond motifs is 1. The van der Waals surface area contributed by atoms with Gasteiger partial charge in [0.1, 0.15) is 0 Å². The second kappa shape index (κ2) is 5.77. The Bertz CT molecular complexity index is 750. The molecule has 0 aliphatic carbocycles. The third-order valence-electron chi connectivity index (χ3n) is 2.54. The highest BCUT2D eigenvalue weighted by Crippen LogP contribution is 2.10. The number of pyridine rings is 1. The molecule has 1 aromatic heterocycles. The molecule has 0 aliphatic heterocycles. The Morgan fingerprint density at radius 3 is 2.89 bits per heavy atom. The van der Waals surface area contributed by atoms with Crippen LogP contribution in [0.2, 0.25) is 0 Å². The molecule has 1 aromatic carbocycles. The number of thioether (sulfide) groups is 1. The Balaban J connectivity index is 2.32. The van der Waals surface area contributed by atoms with Crippen LogP contribution in [0.3, 0.4) is 0 Å². The molecule has 3 nitrogen and oxygen atoms in total. The Morgan fingerprint density at radius 1 is 1.37 bits per heavy atom. The van der Waals surface area contributed by atoms with Crippen molar-refractivity contribution >= 4 is 27.8 Å². The number of hydrogen-bond acceptors (Lipinski definition) is 3. The van der Waals surface area contributed by atoms with Crippen molar-refractivity contribution in [1.82, 2.24) is 4.98 Å². The van der Waals surface area contributed by atoms with Crippen LogP contribution >= 0.6 is 11.8 Å². The second-order valence-electron chi connectivity index (χ2n) is 4.16. The smallest absolute Gasteiger partial charge is 0.189 e. The summed E-state index contributed by atoms with van der Waals surface area (Å²) in [5.41, 5.74) is 2.43. The van der Waals surface area contributed by atoms with Crippen LogP contribution in [0.5, 0.6) is 0 Å². The summed E-state index contributed by atoms with van der Waals surface area (Å²) in [6.07, 6.45) is 0. The summed E-state index contributed by atoms with van der Waals surface area (Å²) in [5.74, 6) is 6.34. The molecule has 0 saturated heterocycles. The van der Waals surface area contributed by atoms with Gasteiger partial charge in [-0.1, -0.05) is 23.6 Å². The molecular formula is C15H13NO2S. The summed E-state index contributed by atoms with van der Waals surface area (Å²) in [4.78, 5) is 25.8. The van der Waals surface area contributed by atoms with Crippen LogP contribution in [0.1, 0.15) is 18.2 Å². The first-order valence-corrected chi connectivity index (χ1v) is 6.81. The number of H-pyrrole nitrogens is 1. The van der Waals surface area contributed by atoms with Gasteiger partial charge in [0.15, 0.2) is 10.5 Å². The fourth-order valence-corrected chi connectivity index (χ4v) is 2.08. The van der Waals surface area contributed by atoms with E-state index < -0.39 is 0 Å². The molecule has 96 valence electrons. The molecule has 0 amide bonds. The van der Waals surface area contributed by atoms with Crippen LogP contribution in [0, 0.1) is 18.8 Å². The largest absolute Gasteiger partial charge is 0.358 e. The number of aryl methyl sites for hydroxylation is 1. The first kappa shape index (κ1) is 13.4. The fourth-order valence-electron chi connectivity index (χ4n) is 1.73. The van der Waals surface area contributed by atoms with E-state index in [2.05, 4.69) is 16.8 Å². The minimum absolute atomic E-state index is 0.00647. The molecule has 0 spiro atoms. The average molecular weight is 271 g/mol. The summed E-state index contributed by atoms with van der Waals surface area (Å²) in [7, 11) is 0. The van der Waals surface area contributed by atoms with Crippen LogP contribution in [-0.4, -0.2) is 15.9 Å². The van der Waals surface area contributed by atoms with E-state index in [0.717, 1.165) is 16.8 Å². The van der Waals surface area contributed by atoms with Crippen molar-refractivity contribution in [2.45, 2.75) is 13.8 Å². The molecule has 0 unspecified atom stereocenters. The lowest BCUT2D eigenvalue weighted by Crippen LogP contribution is -2.02. The zero-order chi connectivity index (χ0) is 13.8. The number of hydrogen-bond donors (Lipinski definition) is 1. The molecule has 4 heteroatoms. The van der Waals surface area contributed by atoms with Crippen molar-refractivity contribution in [2.24, 2.45) is 0 Å². The number of carbonyl (C=O) groups excluding carboxylic acids is 1. The second-order valence-corrected chi connectivity index (χ2v) is 5.31. The molecule has 0 radical (unpaired) electrons. The number of carbonyl (C=O) groups is 1. The van der Waals surface area contributed by atoms with Gasteiger partial charge in [0.2, 0.25) is 0 Å². The van der Waals surface area contributed by atoms with Gasteiger partial charge in [-0.05, 0) is 25.1 Å². The highest BCUT2D eigenvalue weighted by Gasteiger charge is 2.00. The Kier molecular flexibility index (Phi) is 4.08. The van der Waals surface area contributed by atoms with E-state index >= 15 is 0 Å². The highest BCUT2D eigenvalue weighted by molar-refractivity contribution is 8.13. The Hall–Kier alpha value is -1.99. The maximum atomic E-state index is 11.9. The maximum absolute atomic E-state index is 11.9. The monoisotopic (exact) mass is 271 g/mol. The molecule has 0 fully saturated rings. The topological polar surface area (TPSA) is 49.9 Å².